The zero-order chi connectivity index (χ0) is 13.2. The summed E-state index contributed by atoms with van der Waals surface area (Å²) in [7, 11) is 0. The summed E-state index contributed by atoms with van der Waals surface area (Å²) >= 11 is 0. The van der Waals surface area contributed by atoms with Crippen molar-refractivity contribution in [1.29, 1.82) is 0 Å². The van der Waals surface area contributed by atoms with Crippen LogP contribution in [-0.4, -0.2) is 12.9 Å². The molecule has 0 saturated carbocycles. The fraction of sp³-hybridized carbons (Fsp3) is 0.538. The highest BCUT2D eigenvalue weighted by molar-refractivity contribution is 5.31. The first-order chi connectivity index (χ1) is 8.44. The van der Waals surface area contributed by atoms with Crippen molar-refractivity contribution in [3.8, 4) is 5.75 Å². The lowest BCUT2D eigenvalue weighted by Gasteiger charge is -2.28. The molecule has 2 rings (SSSR count). The van der Waals surface area contributed by atoms with E-state index in [1.54, 1.807) is 6.07 Å². The van der Waals surface area contributed by atoms with Gasteiger partial charge in [0.05, 0.1) is 0 Å². The number of rotatable bonds is 2. The van der Waals surface area contributed by atoms with Crippen molar-refractivity contribution in [3.63, 3.8) is 0 Å². The summed E-state index contributed by atoms with van der Waals surface area (Å²) in [5, 5.41) is 3.32. The molecule has 1 heterocycles. The highest BCUT2D eigenvalue weighted by atomic mass is 19.4. The SMILES string of the molecule is CC1CCNC(c2cccc(OC(F)(F)F)c2)C1. The number of halogens is 3. The number of ether oxygens (including phenoxy) is 1. The normalized spacial score (nSPS) is 24.9. The minimum Gasteiger partial charge on any atom is -0.406 e. The van der Waals surface area contributed by atoms with Gasteiger partial charge in [0, 0.05) is 6.04 Å². The van der Waals surface area contributed by atoms with Crippen molar-refractivity contribution >= 4 is 0 Å². The van der Waals surface area contributed by atoms with Crippen LogP contribution in [0.25, 0.3) is 0 Å². The van der Waals surface area contributed by atoms with Gasteiger partial charge >= 0.3 is 6.36 Å². The first-order valence-electron chi connectivity index (χ1n) is 6.03. The van der Waals surface area contributed by atoms with Crippen LogP contribution in [0.3, 0.4) is 0 Å². The van der Waals surface area contributed by atoms with Gasteiger partial charge in [0.25, 0.3) is 0 Å². The number of benzene rings is 1. The van der Waals surface area contributed by atoms with Crippen LogP contribution in [0.4, 0.5) is 13.2 Å². The van der Waals surface area contributed by atoms with Gasteiger partial charge in [-0.05, 0) is 43.0 Å². The minimum absolute atomic E-state index is 0.116. The van der Waals surface area contributed by atoms with E-state index in [0.717, 1.165) is 24.9 Å². The van der Waals surface area contributed by atoms with Crippen LogP contribution in [0.2, 0.25) is 0 Å². The van der Waals surface area contributed by atoms with E-state index >= 15 is 0 Å². The Bertz CT molecular complexity index is 405. The molecule has 0 amide bonds. The second-order valence-electron chi connectivity index (χ2n) is 4.76. The van der Waals surface area contributed by atoms with Gasteiger partial charge in [-0.1, -0.05) is 19.1 Å². The van der Waals surface area contributed by atoms with Gasteiger partial charge in [-0.15, -0.1) is 13.2 Å². The summed E-state index contributed by atoms with van der Waals surface area (Å²) in [5.41, 5.74) is 0.850. The van der Waals surface area contributed by atoms with Gasteiger partial charge in [0.1, 0.15) is 5.75 Å². The van der Waals surface area contributed by atoms with Gasteiger partial charge in [-0.2, -0.15) is 0 Å². The van der Waals surface area contributed by atoms with E-state index in [-0.39, 0.29) is 11.8 Å². The van der Waals surface area contributed by atoms with Crippen LogP contribution in [0, 0.1) is 5.92 Å². The number of hydrogen-bond donors (Lipinski definition) is 1. The molecule has 5 heteroatoms. The van der Waals surface area contributed by atoms with Gasteiger partial charge < -0.3 is 10.1 Å². The molecule has 0 aromatic heterocycles. The molecular weight excluding hydrogens is 243 g/mol. The van der Waals surface area contributed by atoms with Crippen molar-refractivity contribution in [1.82, 2.24) is 5.32 Å². The van der Waals surface area contributed by atoms with E-state index in [1.807, 2.05) is 6.07 Å². The summed E-state index contributed by atoms with van der Waals surface area (Å²) < 4.78 is 40.4. The Morgan fingerprint density at radius 1 is 1.33 bits per heavy atom. The van der Waals surface area contributed by atoms with Gasteiger partial charge in [-0.3, -0.25) is 0 Å². The molecule has 1 saturated heterocycles. The highest BCUT2D eigenvalue weighted by Gasteiger charge is 2.31. The molecule has 2 nitrogen and oxygen atoms in total. The van der Waals surface area contributed by atoms with E-state index < -0.39 is 6.36 Å². The van der Waals surface area contributed by atoms with Crippen LogP contribution in [0.1, 0.15) is 31.4 Å². The Balaban J connectivity index is 2.11. The maximum absolute atomic E-state index is 12.1. The van der Waals surface area contributed by atoms with E-state index in [0.29, 0.717) is 5.92 Å². The summed E-state index contributed by atoms with van der Waals surface area (Å²) in [6.45, 7) is 3.06. The Labute approximate surface area is 104 Å². The number of piperidine rings is 1. The highest BCUT2D eigenvalue weighted by Crippen LogP contribution is 2.30. The second kappa shape index (κ2) is 5.18. The quantitative estimate of drug-likeness (QED) is 0.875. The Hall–Kier alpha value is -1.23. The molecule has 1 N–H and O–H groups in total. The van der Waals surface area contributed by atoms with Crippen molar-refractivity contribution in [2.24, 2.45) is 5.92 Å². The van der Waals surface area contributed by atoms with Gasteiger partial charge in [-0.25, -0.2) is 0 Å². The Morgan fingerprint density at radius 3 is 2.78 bits per heavy atom. The average molecular weight is 259 g/mol. The van der Waals surface area contributed by atoms with Crippen LogP contribution >= 0.6 is 0 Å². The maximum Gasteiger partial charge on any atom is 0.573 e. The third-order valence-electron chi connectivity index (χ3n) is 3.16. The molecular formula is C13H16F3NO. The lowest BCUT2D eigenvalue weighted by Crippen LogP contribution is -2.30. The summed E-state index contributed by atoms with van der Waals surface area (Å²) in [4.78, 5) is 0. The van der Waals surface area contributed by atoms with E-state index in [4.69, 9.17) is 0 Å². The van der Waals surface area contributed by atoms with Crippen LogP contribution in [-0.2, 0) is 0 Å². The van der Waals surface area contributed by atoms with E-state index in [1.165, 1.54) is 12.1 Å². The second-order valence-corrected chi connectivity index (χ2v) is 4.76. The summed E-state index contributed by atoms with van der Waals surface area (Å²) in [6, 6.07) is 6.33. The molecule has 2 unspecified atom stereocenters. The Kier molecular flexibility index (Phi) is 3.80. The van der Waals surface area contributed by atoms with Crippen molar-refractivity contribution < 1.29 is 17.9 Å². The predicted molar refractivity (Wildman–Crippen MR) is 62.3 cm³/mol. The smallest absolute Gasteiger partial charge is 0.406 e. The van der Waals surface area contributed by atoms with Gasteiger partial charge in [0.15, 0.2) is 0 Å². The predicted octanol–water partition coefficient (Wildman–Crippen LogP) is 3.65. The fourth-order valence-electron chi connectivity index (χ4n) is 2.29. The number of alkyl halides is 3. The lowest BCUT2D eigenvalue weighted by molar-refractivity contribution is -0.274. The molecule has 18 heavy (non-hydrogen) atoms. The third kappa shape index (κ3) is 3.63. The molecule has 1 aromatic carbocycles. The largest absolute Gasteiger partial charge is 0.573 e. The molecule has 1 aromatic rings. The van der Waals surface area contributed by atoms with Crippen molar-refractivity contribution in [3.05, 3.63) is 29.8 Å². The van der Waals surface area contributed by atoms with Crippen LogP contribution < -0.4 is 10.1 Å². The third-order valence-corrected chi connectivity index (χ3v) is 3.16. The maximum atomic E-state index is 12.1. The molecule has 1 aliphatic heterocycles. The van der Waals surface area contributed by atoms with Crippen LogP contribution in [0.15, 0.2) is 24.3 Å². The lowest BCUT2D eigenvalue weighted by atomic mass is 9.90. The molecule has 2 atom stereocenters. The number of nitrogens with one attached hydrogen (secondary N) is 1. The molecule has 0 aliphatic carbocycles. The first kappa shape index (κ1) is 13.2. The molecule has 0 radical (unpaired) electrons. The molecule has 1 aliphatic rings. The molecule has 0 bridgehead atoms. The average Bonchev–Trinajstić information content (AvgIpc) is 2.27. The molecule has 0 spiro atoms. The molecule has 100 valence electrons. The summed E-state index contributed by atoms with van der Waals surface area (Å²) in [5.74, 6) is 0.434. The first-order valence-corrected chi connectivity index (χ1v) is 6.03. The summed E-state index contributed by atoms with van der Waals surface area (Å²) in [6.07, 6.45) is -2.59. The van der Waals surface area contributed by atoms with E-state index in [9.17, 15) is 13.2 Å². The van der Waals surface area contributed by atoms with Crippen molar-refractivity contribution in [2.75, 3.05) is 6.54 Å². The topological polar surface area (TPSA) is 21.3 Å². The monoisotopic (exact) mass is 259 g/mol. The Morgan fingerprint density at radius 2 is 2.11 bits per heavy atom. The zero-order valence-electron chi connectivity index (χ0n) is 10.1. The van der Waals surface area contributed by atoms with Gasteiger partial charge in [0.2, 0.25) is 0 Å². The molecule has 1 fully saturated rings. The number of hydrogen-bond acceptors (Lipinski definition) is 2. The zero-order valence-corrected chi connectivity index (χ0v) is 10.1. The van der Waals surface area contributed by atoms with Crippen LogP contribution in [0.5, 0.6) is 5.75 Å². The standard InChI is InChI=1S/C13H16F3NO/c1-9-5-6-17-12(7-9)10-3-2-4-11(8-10)18-13(14,15)16/h2-4,8-9,12,17H,5-7H2,1H3. The van der Waals surface area contributed by atoms with Crippen molar-refractivity contribution in [2.45, 2.75) is 32.2 Å². The fourth-order valence-corrected chi connectivity index (χ4v) is 2.29. The minimum atomic E-state index is -4.63. The van der Waals surface area contributed by atoms with E-state index in [2.05, 4.69) is 17.0 Å².